The molecule has 5 nitrogen and oxygen atoms in total. The molecule has 152 valence electrons. The van der Waals surface area contributed by atoms with Crippen molar-refractivity contribution in [2.75, 3.05) is 31.3 Å². The van der Waals surface area contributed by atoms with Gasteiger partial charge in [0.1, 0.15) is 0 Å². The quantitative estimate of drug-likeness (QED) is 0.869. The number of carbonyl (C=O) groups excluding carboxylic acids is 1. The maximum atomic E-state index is 13.4. The van der Waals surface area contributed by atoms with Crippen LogP contribution in [0.2, 0.25) is 0 Å². The zero-order chi connectivity index (χ0) is 19.8. The molecule has 3 aliphatic heterocycles. The average molecular weight is 392 g/mol. The molecule has 0 bridgehead atoms. The average Bonchev–Trinajstić information content (AvgIpc) is 2.78. The number of likely N-dealkylation sites (tertiary alicyclic amines) is 1. The number of hydrogen-bond acceptors (Lipinski definition) is 4. The van der Waals surface area contributed by atoms with Crippen molar-refractivity contribution in [3.8, 4) is 0 Å². The molecule has 1 N–H and O–H groups in total. The van der Waals surface area contributed by atoms with Crippen LogP contribution in [0.1, 0.15) is 29.9 Å². The Morgan fingerprint density at radius 2 is 1.76 bits per heavy atom. The normalized spacial score (nSPS) is 27.1. The number of carbonyl (C=O) groups is 1. The summed E-state index contributed by atoms with van der Waals surface area (Å²) in [4.78, 5) is 17.8. The molecular weight excluding hydrogens is 364 g/mol. The number of nitrogens with zero attached hydrogens (tertiary/aromatic N) is 2. The van der Waals surface area contributed by atoms with Gasteiger partial charge in [-0.25, -0.2) is 0 Å². The lowest BCUT2D eigenvalue weighted by Crippen LogP contribution is -2.69. The van der Waals surface area contributed by atoms with Crippen LogP contribution in [0.15, 0.2) is 54.6 Å². The number of aliphatic hydroxyl groups excluding tert-OH is 1. The van der Waals surface area contributed by atoms with Crippen LogP contribution in [0.5, 0.6) is 0 Å². The SMILES string of the molecule is O=C(C1CCOCC1)N1C[C@H]2[C@@H](c3ccccc31)[C@H](CO)N2Cc1ccccc1. The molecule has 2 saturated heterocycles. The van der Waals surface area contributed by atoms with Gasteiger partial charge in [-0.1, -0.05) is 48.5 Å². The minimum Gasteiger partial charge on any atom is -0.395 e. The summed E-state index contributed by atoms with van der Waals surface area (Å²) in [7, 11) is 0. The number of para-hydroxylation sites is 1. The van der Waals surface area contributed by atoms with E-state index >= 15 is 0 Å². The molecule has 2 aromatic rings. The van der Waals surface area contributed by atoms with Crippen LogP contribution in [0.4, 0.5) is 5.69 Å². The Morgan fingerprint density at radius 1 is 1.03 bits per heavy atom. The Kier molecular flexibility index (Phi) is 5.12. The molecule has 3 aliphatic rings. The van der Waals surface area contributed by atoms with Gasteiger partial charge in [0.05, 0.1) is 6.61 Å². The summed E-state index contributed by atoms with van der Waals surface area (Å²) in [5, 5.41) is 10.1. The first-order valence-electron chi connectivity index (χ1n) is 10.7. The maximum Gasteiger partial charge on any atom is 0.230 e. The lowest BCUT2D eigenvalue weighted by molar-refractivity contribution is -0.126. The summed E-state index contributed by atoms with van der Waals surface area (Å²) in [6, 6.07) is 19.0. The number of benzene rings is 2. The molecule has 3 heterocycles. The Morgan fingerprint density at radius 3 is 2.52 bits per heavy atom. The van der Waals surface area contributed by atoms with Crippen LogP contribution in [-0.2, 0) is 16.1 Å². The summed E-state index contributed by atoms with van der Waals surface area (Å²) in [5.74, 6) is 0.551. The molecule has 3 atom stereocenters. The van der Waals surface area contributed by atoms with E-state index < -0.39 is 0 Å². The van der Waals surface area contributed by atoms with Crippen LogP contribution in [0, 0.1) is 5.92 Å². The lowest BCUT2D eigenvalue weighted by Gasteiger charge is -2.59. The van der Waals surface area contributed by atoms with Gasteiger partial charge in [0.2, 0.25) is 5.91 Å². The van der Waals surface area contributed by atoms with Crippen molar-refractivity contribution >= 4 is 11.6 Å². The number of hydrogen-bond donors (Lipinski definition) is 1. The highest BCUT2D eigenvalue weighted by atomic mass is 16.5. The number of aliphatic hydroxyl groups is 1. The van der Waals surface area contributed by atoms with E-state index in [0.717, 1.165) is 25.1 Å². The van der Waals surface area contributed by atoms with E-state index in [1.807, 2.05) is 23.1 Å². The van der Waals surface area contributed by atoms with E-state index in [1.54, 1.807) is 0 Å². The first kappa shape index (κ1) is 18.8. The summed E-state index contributed by atoms with van der Waals surface area (Å²) in [5.41, 5.74) is 3.47. The third-order valence-electron chi connectivity index (χ3n) is 6.87. The highest BCUT2D eigenvalue weighted by Crippen LogP contribution is 2.49. The minimum absolute atomic E-state index is 0.0460. The van der Waals surface area contributed by atoms with Gasteiger partial charge in [-0.05, 0) is 30.0 Å². The van der Waals surface area contributed by atoms with E-state index in [0.29, 0.717) is 19.8 Å². The van der Waals surface area contributed by atoms with Crippen molar-refractivity contribution < 1.29 is 14.6 Å². The molecule has 2 fully saturated rings. The molecule has 5 heteroatoms. The van der Waals surface area contributed by atoms with E-state index in [1.165, 1.54) is 11.1 Å². The number of ether oxygens (including phenoxy) is 1. The third kappa shape index (κ3) is 3.27. The molecule has 1 amide bonds. The second-order valence-corrected chi connectivity index (χ2v) is 8.40. The summed E-state index contributed by atoms with van der Waals surface area (Å²) in [6.45, 7) is 2.97. The molecule has 2 aromatic carbocycles. The Bertz CT molecular complexity index is 865. The highest BCUT2D eigenvalue weighted by molar-refractivity contribution is 5.96. The fourth-order valence-corrected chi connectivity index (χ4v) is 5.37. The second kappa shape index (κ2) is 7.90. The molecule has 29 heavy (non-hydrogen) atoms. The van der Waals surface area contributed by atoms with Gasteiger partial charge in [0.15, 0.2) is 0 Å². The van der Waals surface area contributed by atoms with Gasteiger partial charge >= 0.3 is 0 Å². The molecule has 0 saturated carbocycles. The van der Waals surface area contributed by atoms with Crippen molar-refractivity contribution in [2.24, 2.45) is 5.92 Å². The van der Waals surface area contributed by atoms with Gasteiger partial charge in [0, 0.05) is 55.9 Å². The highest BCUT2D eigenvalue weighted by Gasteiger charge is 2.53. The zero-order valence-electron chi connectivity index (χ0n) is 16.6. The predicted molar refractivity (Wildman–Crippen MR) is 112 cm³/mol. The Balaban J connectivity index is 1.45. The van der Waals surface area contributed by atoms with Gasteiger partial charge in [-0.15, -0.1) is 0 Å². The largest absolute Gasteiger partial charge is 0.395 e. The van der Waals surface area contributed by atoms with Crippen LogP contribution >= 0.6 is 0 Å². The van der Waals surface area contributed by atoms with Crippen molar-refractivity contribution in [3.63, 3.8) is 0 Å². The van der Waals surface area contributed by atoms with E-state index in [9.17, 15) is 9.90 Å². The summed E-state index contributed by atoms with van der Waals surface area (Å²) >= 11 is 0. The van der Waals surface area contributed by atoms with Gasteiger partial charge in [-0.2, -0.15) is 0 Å². The predicted octanol–water partition coefficient (Wildman–Crippen LogP) is 2.79. The van der Waals surface area contributed by atoms with E-state index in [4.69, 9.17) is 4.74 Å². The Labute approximate surface area is 171 Å². The van der Waals surface area contributed by atoms with Crippen LogP contribution in [0.3, 0.4) is 0 Å². The zero-order valence-corrected chi connectivity index (χ0v) is 16.6. The molecule has 0 spiro atoms. The standard InChI is InChI=1S/C24H28N2O3/c27-16-22-23-19-8-4-5-9-20(19)26(24(28)18-10-12-29-13-11-18)15-21(23)25(22)14-17-6-2-1-3-7-17/h1-9,18,21-23,27H,10-16H2/t21-,22-,23+/m0/s1. The molecular formula is C24H28N2O3. The topological polar surface area (TPSA) is 53.0 Å². The third-order valence-corrected chi connectivity index (χ3v) is 6.87. The first-order chi connectivity index (χ1) is 14.3. The first-order valence-corrected chi connectivity index (χ1v) is 10.7. The van der Waals surface area contributed by atoms with Crippen molar-refractivity contribution in [3.05, 3.63) is 65.7 Å². The fraction of sp³-hybridized carbons (Fsp3) is 0.458. The fourth-order valence-electron chi connectivity index (χ4n) is 5.37. The van der Waals surface area contributed by atoms with Crippen molar-refractivity contribution in [2.45, 2.75) is 37.4 Å². The van der Waals surface area contributed by atoms with Gasteiger partial charge in [0.25, 0.3) is 0 Å². The van der Waals surface area contributed by atoms with E-state index in [2.05, 4.69) is 41.3 Å². The summed E-state index contributed by atoms with van der Waals surface area (Å²) < 4.78 is 5.46. The number of anilines is 1. The molecule has 5 rings (SSSR count). The minimum atomic E-state index is 0.0460. The van der Waals surface area contributed by atoms with E-state index in [-0.39, 0.29) is 36.4 Å². The molecule has 0 radical (unpaired) electrons. The van der Waals surface area contributed by atoms with Crippen molar-refractivity contribution in [1.29, 1.82) is 0 Å². The summed E-state index contributed by atoms with van der Waals surface area (Å²) in [6.07, 6.45) is 1.61. The van der Waals surface area contributed by atoms with Gasteiger partial charge in [-0.3, -0.25) is 9.69 Å². The smallest absolute Gasteiger partial charge is 0.230 e. The Hall–Kier alpha value is -2.21. The number of amides is 1. The molecule has 0 aromatic heterocycles. The molecule has 0 unspecified atom stereocenters. The van der Waals surface area contributed by atoms with Crippen LogP contribution in [0.25, 0.3) is 0 Å². The van der Waals surface area contributed by atoms with Crippen LogP contribution < -0.4 is 4.90 Å². The van der Waals surface area contributed by atoms with Crippen molar-refractivity contribution in [1.82, 2.24) is 4.90 Å². The van der Waals surface area contributed by atoms with Gasteiger partial charge < -0.3 is 14.7 Å². The number of fused-ring (bicyclic) bond motifs is 3. The lowest BCUT2D eigenvalue weighted by atomic mass is 9.71. The maximum absolute atomic E-state index is 13.4. The number of rotatable bonds is 4. The monoisotopic (exact) mass is 392 g/mol. The molecule has 0 aliphatic carbocycles. The van der Waals surface area contributed by atoms with Crippen LogP contribution in [-0.4, -0.2) is 54.4 Å². The second-order valence-electron chi connectivity index (χ2n) is 8.40.